The lowest BCUT2D eigenvalue weighted by Gasteiger charge is -2.26. The van der Waals surface area contributed by atoms with Crippen LogP contribution in [0, 0.1) is 0 Å². The number of aryl methyl sites for hydroxylation is 1. The summed E-state index contributed by atoms with van der Waals surface area (Å²) in [5, 5.41) is 0. The third-order valence-corrected chi connectivity index (χ3v) is 3.80. The summed E-state index contributed by atoms with van der Waals surface area (Å²) < 4.78 is 11.3. The minimum Gasteiger partial charge on any atom is -0.497 e. The van der Waals surface area contributed by atoms with Crippen molar-refractivity contribution in [3.8, 4) is 11.5 Å². The quantitative estimate of drug-likeness (QED) is 0.863. The lowest BCUT2D eigenvalue weighted by Crippen LogP contribution is -2.15. The summed E-state index contributed by atoms with van der Waals surface area (Å²) in [6.45, 7) is 0. The van der Waals surface area contributed by atoms with Crippen LogP contribution in [0.25, 0.3) is 0 Å². The van der Waals surface area contributed by atoms with Crippen molar-refractivity contribution in [3.05, 3.63) is 53.6 Å². The van der Waals surface area contributed by atoms with Gasteiger partial charge in [-0.25, -0.2) is 0 Å². The number of fused-ring (bicyclic) bond motifs is 1. The SMILES string of the molecule is COc1ccc(OC2CCCc3ccccc32)c(N)c1. The van der Waals surface area contributed by atoms with Gasteiger partial charge >= 0.3 is 0 Å². The smallest absolute Gasteiger partial charge is 0.143 e. The van der Waals surface area contributed by atoms with Gasteiger partial charge in [0.05, 0.1) is 12.8 Å². The van der Waals surface area contributed by atoms with Crippen LogP contribution in [0.1, 0.15) is 30.1 Å². The van der Waals surface area contributed by atoms with E-state index in [0.29, 0.717) is 5.69 Å². The van der Waals surface area contributed by atoms with Crippen LogP contribution >= 0.6 is 0 Å². The molecule has 1 aliphatic carbocycles. The highest BCUT2D eigenvalue weighted by Gasteiger charge is 2.21. The van der Waals surface area contributed by atoms with Crippen LogP contribution in [-0.2, 0) is 6.42 Å². The third kappa shape index (κ3) is 2.44. The fraction of sp³-hybridized carbons (Fsp3) is 0.294. The standard InChI is InChI=1S/C17H19NO2/c1-19-13-9-10-17(15(18)11-13)20-16-8-4-6-12-5-2-3-7-14(12)16/h2-3,5,7,9-11,16H,4,6,8,18H2,1H3. The Bertz CT molecular complexity index is 610. The maximum absolute atomic E-state index is 6.13. The molecule has 3 heteroatoms. The summed E-state index contributed by atoms with van der Waals surface area (Å²) in [5.41, 5.74) is 9.32. The minimum atomic E-state index is 0.0932. The minimum absolute atomic E-state index is 0.0932. The van der Waals surface area contributed by atoms with Gasteiger partial charge in [-0.2, -0.15) is 0 Å². The van der Waals surface area contributed by atoms with Crippen LogP contribution in [0.3, 0.4) is 0 Å². The fourth-order valence-electron chi connectivity index (χ4n) is 2.75. The molecule has 20 heavy (non-hydrogen) atoms. The Hall–Kier alpha value is -2.16. The molecular formula is C17H19NO2. The Morgan fingerprint density at radius 3 is 2.80 bits per heavy atom. The molecule has 0 aliphatic heterocycles. The van der Waals surface area contributed by atoms with Crippen molar-refractivity contribution in [3.63, 3.8) is 0 Å². The predicted molar refractivity (Wildman–Crippen MR) is 80.2 cm³/mol. The molecule has 2 aromatic carbocycles. The van der Waals surface area contributed by atoms with E-state index in [0.717, 1.165) is 30.8 Å². The molecule has 0 fully saturated rings. The second-order valence-electron chi connectivity index (χ2n) is 5.10. The van der Waals surface area contributed by atoms with Crippen LogP contribution in [0.2, 0.25) is 0 Å². The van der Waals surface area contributed by atoms with Crippen LogP contribution in [0.5, 0.6) is 11.5 Å². The third-order valence-electron chi connectivity index (χ3n) is 3.80. The van der Waals surface area contributed by atoms with E-state index in [1.165, 1.54) is 11.1 Å². The molecule has 1 atom stereocenters. The first-order valence-corrected chi connectivity index (χ1v) is 6.96. The molecule has 0 saturated carbocycles. The molecule has 0 amide bonds. The first kappa shape index (κ1) is 12.9. The summed E-state index contributed by atoms with van der Waals surface area (Å²) in [5.74, 6) is 1.48. The lowest BCUT2D eigenvalue weighted by atomic mass is 9.89. The highest BCUT2D eigenvalue weighted by Crippen LogP contribution is 2.36. The summed E-state index contributed by atoms with van der Waals surface area (Å²) in [7, 11) is 1.63. The van der Waals surface area contributed by atoms with Crippen LogP contribution < -0.4 is 15.2 Å². The van der Waals surface area contributed by atoms with E-state index in [9.17, 15) is 0 Å². The second kappa shape index (κ2) is 5.45. The molecule has 0 saturated heterocycles. The average Bonchev–Trinajstić information content (AvgIpc) is 2.49. The van der Waals surface area contributed by atoms with E-state index in [4.69, 9.17) is 15.2 Å². The molecule has 2 aromatic rings. The van der Waals surface area contributed by atoms with Crippen molar-refractivity contribution in [2.24, 2.45) is 0 Å². The Morgan fingerprint density at radius 1 is 1.15 bits per heavy atom. The monoisotopic (exact) mass is 269 g/mol. The molecule has 2 N–H and O–H groups in total. The molecular weight excluding hydrogens is 250 g/mol. The molecule has 104 valence electrons. The van der Waals surface area contributed by atoms with Crippen molar-refractivity contribution >= 4 is 5.69 Å². The largest absolute Gasteiger partial charge is 0.497 e. The Kier molecular flexibility index (Phi) is 3.50. The number of nitrogens with two attached hydrogens (primary N) is 1. The molecule has 0 radical (unpaired) electrons. The number of nitrogen functional groups attached to an aromatic ring is 1. The zero-order valence-electron chi connectivity index (χ0n) is 11.6. The van der Waals surface area contributed by atoms with Gasteiger partial charge in [-0.15, -0.1) is 0 Å². The van der Waals surface area contributed by atoms with Crippen molar-refractivity contribution in [1.82, 2.24) is 0 Å². The predicted octanol–water partition coefficient (Wildman–Crippen LogP) is 3.73. The number of benzene rings is 2. The van der Waals surface area contributed by atoms with Gasteiger partial charge in [0.15, 0.2) is 0 Å². The molecule has 3 rings (SSSR count). The number of hydrogen-bond donors (Lipinski definition) is 1. The van der Waals surface area contributed by atoms with Gasteiger partial charge in [-0.3, -0.25) is 0 Å². The summed E-state index contributed by atoms with van der Waals surface area (Å²) in [6.07, 6.45) is 3.41. The van der Waals surface area contributed by atoms with Gasteiger partial charge in [0.25, 0.3) is 0 Å². The zero-order chi connectivity index (χ0) is 13.9. The molecule has 0 bridgehead atoms. The molecule has 0 heterocycles. The van der Waals surface area contributed by atoms with Crippen LogP contribution in [-0.4, -0.2) is 7.11 Å². The van der Waals surface area contributed by atoms with Gasteiger partial charge in [0.2, 0.25) is 0 Å². The lowest BCUT2D eigenvalue weighted by molar-refractivity contribution is 0.184. The highest BCUT2D eigenvalue weighted by molar-refractivity contribution is 5.56. The number of rotatable bonds is 3. The second-order valence-corrected chi connectivity index (χ2v) is 5.10. The summed E-state index contributed by atoms with van der Waals surface area (Å²) >= 11 is 0. The van der Waals surface area contributed by atoms with E-state index < -0.39 is 0 Å². The van der Waals surface area contributed by atoms with Gasteiger partial charge in [-0.05, 0) is 42.5 Å². The number of hydrogen-bond acceptors (Lipinski definition) is 3. The molecule has 3 nitrogen and oxygen atoms in total. The maximum atomic E-state index is 6.13. The number of methoxy groups -OCH3 is 1. The van der Waals surface area contributed by atoms with Crippen molar-refractivity contribution in [1.29, 1.82) is 0 Å². The topological polar surface area (TPSA) is 44.5 Å². The van der Waals surface area contributed by atoms with Gasteiger partial charge in [-0.1, -0.05) is 24.3 Å². The van der Waals surface area contributed by atoms with Crippen LogP contribution in [0.15, 0.2) is 42.5 Å². The number of anilines is 1. The molecule has 0 aromatic heterocycles. The normalized spacial score (nSPS) is 17.4. The maximum Gasteiger partial charge on any atom is 0.143 e. The van der Waals surface area contributed by atoms with Crippen LogP contribution in [0.4, 0.5) is 5.69 Å². The van der Waals surface area contributed by atoms with Gasteiger partial charge in [0.1, 0.15) is 17.6 Å². The van der Waals surface area contributed by atoms with E-state index in [2.05, 4.69) is 24.3 Å². The Labute approximate surface area is 119 Å². The first-order chi connectivity index (χ1) is 9.78. The summed E-state index contributed by atoms with van der Waals surface area (Å²) in [4.78, 5) is 0. The van der Waals surface area contributed by atoms with E-state index in [1.54, 1.807) is 13.2 Å². The first-order valence-electron chi connectivity index (χ1n) is 6.96. The van der Waals surface area contributed by atoms with Gasteiger partial charge < -0.3 is 15.2 Å². The van der Waals surface area contributed by atoms with E-state index >= 15 is 0 Å². The van der Waals surface area contributed by atoms with E-state index in [1.807, 2.05) is 12.1 Å². The number of ether oxygens (including phenoxy) is 2. The van der Waals surface area contributed by atoms with Gasteiger partial charge in [0, 0.05) is 6.07 Å². The zero-order valence-corrected chi connectivity index (χ0v) is 11.6. The highest BCUT2D eigenvalue weighted by atomic mass is 16.5. The Morgan fingerprint density at radius 2 is 2.00 bits per heavy atom. The average molecular weight is 269 g/mol. The van der Waals surface area contributed by atoms with Crippen molar-refractivity contribution < 1.29 is 9.47 Å². The summed E-state index contributed by atoms with van der Waals surface area (Å²) in [6, 6.07) is 14.0. The van der Waals surface area contributed by atoms with Crippen molar-refractivity contribution in [2.45, 2.75) is 25.4 Å². The van der Waals surface area contributed by atoms with Crippen molar-refractivity contribution in [2.75, 3.05) is 12.8 Å². The molecule has 1 unspecified atom stereocenters. The molecule has 1 aliphatic rings. The van der Waals surface area contributed by atoms with E-state index in [-0.39, 0.29) is 6.10 Å². The fourth-order valence-corrected chi connectivity index (χ4v) is 2.75. The Balaban J connectivity index is 1.85. The molecule has 0 spiro atoms.